The minimum atomic E-state index is -1.30. The molecule has 45 heavy (non-hydrogen) atoms. The molecule has 1 N–H and O–H groups in total. The molecule has 6 rings (SSSR count). The smallest absolute Gasteiger partial charge is 0.301 e. The molecule has 0 saturated carbocycles. The molecule has 0 radical (unpaired) electrons. The van der Waals surface area contributed by atoms with Crippen molar-refractivity contribution in [3.63, 3.8) is 0 Å². The van der Waals surface area contributed by atoms with Gasteiger partial charge >= 0.3 is 5.91 Å². The van der Waals surface area contributed by atoms with Crippen LogP contribution in [-0.2, 0) is 21.9 Å². The van der Waals surface area contributed by atoms with E-state index in [1.165, 1.54) is 36.0 Å². The monoisotopic (exact) mass is 641 g/mol. The highest BCUT2D eigenvalue weighted by molar-refractivity contribution is 8.00. The Morgan fingerprint density at radius 2 is 1.67 bits per heavy atom. The van der Waals surface area contributed by atoms with Gasteiger partial charge in [-0.3, -0.25) is 14.5 Å². The van der Waals surface area contributed by atoms with E-state index in [0.717, 1.165) is 27.4 Å². The van der Waals surface area contributed by atoms with E-state index >= 15 is 4.39 Å². The first-order valence-electron chi connectivity index (χ1n) is 13.8. The molecule has 2 heterocycles. The lowest BCUT2D eigenvalue weighted by Crippen LogP contribution is -2.29. The number of thioether (sulfide) groups is 1. The van der Waals surface area contributed by atoms with E-state index < -0.39 is 29.3 Å². The lowest BCUT2D eigenvalue weighted by Gasteiger charge is -2.22. The highest BCUT2D eigenvalue weighted by Gasteiger charge is 2.49. The SMILES string of the molecule is Cc1cccc(COc2ccc(/C(O)=C3\C(=O)C(=O)N(c4nnc(SCc5ccccc5F)s4)C3c3ccccc3F)cc2)c1. The summed E-state index contributed by atoms with van der Waals surface area (Å²) < 4.78 is 35.6. The number of Topliss-reactive ketones (excluding diaryl/α,β-unsaturated/α-hetero) is 1. The van der Waals surface area contributed by atoms with Crippen LogP contribution in [0.25, 0.3) is 5.76 Å². The molecule has 1 amide bonds. The average molecular weight is 642 g/mol. The summed E-state index contributed by atoms with van der Waals surface area (Å²) in [6, 6.07) is 25.1. The maximum absolute atomic E-state index is 15.2. The number of hydrogen-bond acceptors (Lipinski definition) is 8. The van der Waals surface area contributed by atoms with Gasteiger partial charge in [0.05, 0.1) is 5.57 Å². The number of aliphatic hydroxyl groups excluding tert-OH is 1. The summed E-state index contributed by atoms with van der Waals surface area (Å²) in [6.07, 6.45) is 0. The van der Waals surface area contributed by atoms with Crippen molar-refractivity contribution in [2.75, 3.05) is 4.90 Å². The number of carbonyl (C=O) groups excluding carboxylic acids is 2. The normalized spacial score (nSPS) is 15.9. The van der Waals surface area contributed by atoms with E-state index in [-0.39, 0.29) is 33.4 Å². The van der Waals surface area contributed by atoms with Gasteiger partial charge in [-0.25, -0.2) is 8.78 Å². The minimum Gasteiger partial charge on any atom is -0.507 e. The van der Waals surface area contributed by atoms with E-state index in [4.69, 9.17) is 4.74 Å². The van der Waals surface area contributed by atoms with Crippen LogP contribution < -0.4 is 9.64 Å². The van der Waals surface area contributed by atoms with Gasteiger partial charge in [-0.15, -0.1) is 10.2 Å². The minimum absolute atomic E-state index is 0.00659. The lowest BCUT2D eigenvalue weighted by atomic mass is 9.95. The number of benzene rings is 4. The molecule has 0 bridgehead atoms. The number of amides is 1. The van der Waals surface area contributed by atoms with Gasteiger partial charge < -0.3 is 9.84 Å². The fraction of sp³-hybridized carbons (Fsp3) is 0.118. The van der Waals surface area contributed by atoms with Crippen molar-refractivity contribution >= 4 is 45.7 Å². The van der Waals surface area contributed by atoms with Crippen molar-refractivity contribution in [1.82, 2.24) is 10.2 Å². The number of aryl methyl sites for hydroxylation is 1. The van der Waals surface area contributed by atoms with E-state index in [1.54, 1.807) is 48.5 Å². The number of ketones is 1. The van der Waals surface area contributed by atoms with Crippen LogP contribution in [-0.4, -0.2) is 27.0 Å². The molecule has 226 valence electrons. The number of nitrogens with zero attached hydrogens (tertiary/aromatic N) is 3. The van der Waals surface area contributed by atoms with Crippen molar-refractivity contribution in [3.8, 4) is 5.75 Å². The van der Waals surface area contributed by atoms with E-state index in [9.17, 15) is 19.1 Å². The summed E-state index contributed by atoms with van der Waals surface area (Å²) in [5, 5.41) is 19.7. The van der Waals surface area contributed by atoms with Crippen LogP contribution >= 0.6 is 23.1 Å². The van der Waals surface area contributed by atoms with Crippen LogP contribution in [0.2, 0.25) is 0 Å². The second-order valence-electron chi connectivity index (χ2n) is 10.2. The largest absolute Gasteiger partial charge is 0.507 e. The number of rotatable bonds is 9. The number of aliphatic hydroxyl groups is 1. The third kappa shape index (κ3) is 6.36. The van der Waals surface area contributed by atoms with Gasteiger partial charge in [-0.05, 0) is 54.4 Å². The summed E-state index contributed by atoms with van der Waals surface area (Å²) in [7, 11) is 0. The molecule has 4 aromatic carbocycles. The Morgan fingerprint density at radius 3 is 2.40 bits per heavy atom. The predicted molar refractivity (Wildman–Crippen MR) is 169 cm³/mol. The van der Waals surface area contributed by atoms with Crippen molar-refractivity contribution in [2.24, 2.45) is 0 Å². The Bertz CT molecular complexity index is 1930. The Morgan fingerprint density at radius 1 is 0.933 bits per heavy atom. The van der Waals surface area contributed by atoms with Gasteiger partial charge in [0, 0.05) is 16.9 Å². The first-order chi connectivity index (χ1) is 21.8. The number of hydrogen-bond donors (Lipinski definition) is 1. The Labute approximate surface area is 265 Å². The second-order valence-corrected chi connectivity index (χ2v) is 12.4. The molecule has 1 aliphatic rings. The first kappa shape index (κ1) is 30.2. The quantitative estimate of drug-likeness (QED) is 0.0582. The Hall–Kier alpha value is -4.87. The number of ether oxygens (including phenoxy) is 1. The molecule has 1 unspecified atom stereocenters. The van der Waals surface area contributed by atoms with Crippen LogP contribution in [0.5, 0.6) is 5.75 Å². The molecule has 1 aromatic heterocycles. The summed E-state index contributed by atoms with van der Waals surface area (Å²) in [5.41, 5.74) is 2.55. The third-order valence-corrected chi connectivity index (χ3v) is 9.28. The fourth-order valence-corrected chi connectivity index (χ4v) is 6.82. The van der Waals surface area contributed by atoms with Crippen molar-refractivity contribution < 1.29 is 28.2 Å². The maximum Gasteiger partial charge on any atom is 0.301 e. The fourth-order valence-electron chi connectivity index (χ4n) is 4.97. The molecule has 1 fully saturated rings. The molecular formula is C34H25F2N3O4S2. The van der Waals surface area contributed by atoms with E-state index in [0.29, 0.717) is 22.3 Å². The number of carbonyl (C=O) groups is 2. The number of halogens is 2. The van der Waals surface area contributed by atoms with Gasteiger partial charge in [0.25, 0.3) is 5.78 Å². The summed E-state index contributed by atoms with van der Waals surface area (Å²) in [6.45, 7) is 2.34. The zero-order valence-electron chi connectivity index (χ0n) is 23.8. The van der Waals surface area contributed by atoms with Gasteiger partial charge in [-0.2, -0.15) is 0 Å². The molecule has 1 atom stereocenters. The molecule has 7 nitrogen and oxygen atoms in total. The standard InChI is InChI=1S/C34H25F2N3O4S2/c1-20-7-6-8-21(17-20)18-43-24-15-13-22(14-16-24)30(40)28-29(25-10-3-5-12-27(25)36)39(32(42)31(28)41)33-37-38-34(45-33)44-19-23-9-2-4-11-26(23)35/h2-17,29,40H,18-19H2,1H3/b30-28+. The zero-order valence-corrected chi connectivity index (χ0v) is 25.4. The van der Waals surface area contributed by atoms with E-state index in [1.807, 2.05) is 31.2 Å². The predicted octanol–water partition coefficient (Wildman–Crippen LogP) is 7.62. The molecule has 1 aliphatic heterocycles. The van der Waals surface area contributed by atoms with Gasteiger partial charge in [0.1, 0.15) is 35.8 Å². The molecule has 5 aromatic rings. The summed E-state index contributed by atoms with van der Waals surface area (Å²) in [4.78, 5) is 28.0. The van der Waals surface area contributed by atoms with Gasteiger partial charge in [0.15, 0.2) is 4.34 Å². The summed E-state index contributed by atoms with van der Waals surface area (Å²) in [5.74, 6) is -2.66. The van der Waals surface area contributed by atoms with Crippen LogP contribution in [0, 0.1) is 18.6 Å². The maximum atomic E-state index is 15.2. The van der Waals surface area contributed by atoms with Crippen LogP contribution in [0.3, 0.4) is 0 Å². The molecular weight excluding hydrogens is 617 g/mol. The third-order valence-electron chi connectivity index (χ3n) is 7.17. The first-order valence-corrected chi connectivity index (χ1v) is 15.6. The molecule has 11 heteroatoms. The van der Waals surface area contributed by atoms with Crippen molar-refractivity contribution in [1.29, 1.82) is 0 Å². The Balaban J connectivity index is 1.31. The number of aromatic nitrogens is 2. The highest BCUT2D eigenvalue weighted by Crippen LogP contribution is 2.44. The zero-order chi connectivity index (χ0) is 31.5. The van der Waals surface area contributed by atoms with Crippen LogP contribution in [0.15, 0.2) is 107 Å². The van der Waals surface area contributed by atoms with Gasteiger partial charge in [-0.1, -0.05) is 89.3 Å². The highest BCUT2D eigenvalue weighted by atomic mass is 32.2. The van der Waals surface area contributed by atoms with Crippen molar-refractivity contribution in [2.45, 2.75) is 29.7 Å². The topological polar surface area (TPSA) is 92.6 Å². The lowest BCUT2D eigenvalue weighted by molar-refractivity contribution is -0.132. The molecule has 0 spiro atoms. The van der Waals surface area contributed by atoms with Gasteiger partial charge in [0.2, 0.25) is 5.13 Å². The van der Waals surface area contributed by atoms with E-state index in [2.05, 4.69) is 10.2 Å². The molecule has 1 saturated heterocycles. The Kier molecular flexibility index (Phi) is 8.72. The van der Waals surface area contributed by atoms with Crippen LogP contribution in [0.4, 0.5) is 13.9 Å². The summed E-state index contributed by atoms with van der Waals surface area (Å²) >= 11 is 2.22. The number of anilines is 1. The molecule has 0 aliphatic carbocycles. The second kappa shape index (κ2) is 13.0. The van der Waals surface area contributed by atoms with Crippen LogP contribution in [0.1, 0.15) is 33.9 Å². The average Bonchev–Trinajstić information content (AvgIpc) is 3.61. The van der Waals surface area contributed by atoms with Crippen molar-refractivity contribution in [3.05, 3.63) is 142 Å².